The van der Waals surface area contributed by atoms with Crippen LogP contribution in [0.25, 0.3) is 21.9 Å². The monoisotopic (exact) mass is 418 g/mol. The molecular weight excluding hydrogens is 384 g/mol. The van der Waals surface area contributed by atoms with Gasteiger partial charge in [0.1, 0.15) is 0 Å². The van der Waals surface area contributed by atoms with E-state index >= 15 is 0 Å². The SMILES string of the molecule is CCCCCCc1cccc(C2(C)c3cc(C)ccc3-c3c2cc(C)c2ccccc32)c1. The highest BCUT2D eigenvalue weighted by atomic mass is 14.4. The van der Waals surface area contributed by atoms with E-state index in [2.05, 4.69) is 100 Å². The molecule has 1 aliphatic carbocycles. The average molecular weight is 419 g/mol. The largest absolute Gasteiger partial charge is 0.0654 e. The van der Waals surface area contributed by atoms with E-state index in [1.165, 1.54) is 87.4 Å². The van der Waals surface area contributed by atoms with Crippen LogP contribution in [-0.2, 0) is 11.8 Å². The summed E-state index contributed by atoms with van der Waals surface area (Å²) < 4.78 is 0. The Morgan fingerprint density at radius 3 is 2.34 bits per heavy atom. The van der Waals surface area contributed by atoms with Crippen molar-refractivity contribution in [2.24, 2.45) is 0 Å². The standard InChI is InChI=1S/C32H34/c1-5-6-7-8-12-24-13-11-14-25(21-24)32(4)29-19-22(2)17-18-28(29)31-27-16-10-9-15-26(27)23(3)20-30(31)32/h9-11,13-21H,5-8,12H2,1-4H3. The maximum absolute atomic E-state index is 2.48. The highest BCUT2D eigenvalue weighted by molar-refractivity contribution is 6.04. The molecule has 0 bridgehead atoms. The maximum atomic E-state index is 2.48. The second-order valence-electron chi connectivity index (χ2n) is 9.85. The zero-order valence-electron chi connectivity index (χ0n) is 20.0. The Morgan fingerprint density at radius 2 is 1.53 bits per heavy atom. The van der Waals surface area contributed by atoms with Crippen LogP contribution in [0.1, 0.15) is 72.9 Å². The molecule has 4 aromatic rings. The van der Waals surface area contributed by atoms with Crippen molar-refractivity contribution >= 4 is 10.8 Å². The summed E-state index contributed by atoms with van der Waals surface area (Å²) in [5, 5.41) is 2.75. The highest BCUT2D eigenvalue weighted by Gasteiger charge is 2.42. The molecule has 4 aromatic carbocycles. The second kappa shape index (κ2) is 8.24. The van der Waals surface area contributed by atoms with E-state index < -0.39 is 0 Å². The lowest BCUT2D eigenvalue weighted by atomic mass is 9.73. The molecule has 0 saturated carbocycles. The first-order valence-electron chi connectivity index (χ1n) is 12.3. The quantitative estimate of drug-likeness (QED) is 0.274. The molecule has 0 N–H and O–H groups in total. The van der Waals surface area contributed by atoms with Crippen LogP contribution >= 0.6 is 0 Å². The molecular formula is C32H34. The van der Waals surface area contributed by atoms with Crippen molar-refractivity contribution in [3.05, 3.63) is 106 Å². The van der Waals surface area contributed by atoms with Crippen molar-refractivity contribution in [3.63, 3.8) is 0 Å². The Kier molecular flexibility index (Phi) is 5.41. The van der Waals surface area contributed by atoms with Crippen molar-refractivity contribution in [3.8, 4) is 11.1 Å². The van der Waals surface area contributed by atoms with E-state index in [-0.39, 0.29) is 5.41 Å². The van der Waals surface area contributed by atoms with Crippen LogP contribution in [0.3, 0.4) is 0 Å². The summed E-state index contributed by atoms with van der Waals surface area (Å²) in [6.45, 7) is 9.21. The van der Waals surface area contributed by atoms with Crippen molar-refractivity contribution in [2.45, 2.75) is 65.2 Å². The first kappa shape index (κ1) is 21.0. The number of unbranched alkanes of at least 4 members (excludes halogenated alkanes) is 3. The molecule has 1 atom stereocenters. The molecule has 5 rings (SSSR count). The van der Waals surface area contributed by atoms with Gasteiger partial charge in [0.15, 0.2) is 0 Å². The highest BCUT2D eigenvalue weighted by Crippen LogP contribution is 2.55. The number of benzene rings is 4. The van der Waals surface area contributed by atoms with Crippen LogP contribution in [0.15, 0.2) is 72.8 Å². The van der Waals surface area contributed by atoms with E-state index in [0.717, 1.165) is 0 Å². The molecule has 0 aliphatic heterocycles. The van der Waals surface area contributed by atoms with E-state index in [4.69, 9.17) is 0 Å². The average Bonchev–Trinajstić information content (AvgIpc) is 3.06. The lowest BCUT2D eigenvalue weighted by molar-refractivity contribution is 0.664. The molecule has 0 radical (unpaired) electrons. The van der Waals surface area contributed by atoms with Gasteiger partial charge in [-0.05, 0) is 83.3 Å². The molecule has 0 aromatic heterocycles. The zero-order chi connectivity index (χ0) is 22.3. The van der Waals surface area contributed by atoms with Crippen LogP contribution in [0.4, 0.5) is 0 Å². The van der Waals surface area contributed by atoms with Gasteiger partial charge in [0, 0.05) is 5.41 Å². The van der Waals surface area contributed by atoms with Gasteiger partial charge >= 0.3 is 0 Å². The van der Waals surface area contributed by atoms with Crippen molar-refractivity contribution in [1.29, 1.82) is 0 Å². The fourth-order valence-corrected chi connectivity index (χ4v) is 5.78. The molecule has 0 spiro atoms. The van der Waals surface area contributed by atoms with Gasteiger partial charge in [0.2, 0.25) is 0 Å². The van der Waals surface area contributed by atoms with Crippen LogP contribution in [0, 0.1) is 13.8 Å². The lowest BCUT2D eigenvalue weighted by Crippen LogP contribution is -2.23. The van der Waals surface area contributed by atoms with Crippen LogP contribution in [-0.4, -0.2) is 0 Å². The summed E-state index contributed by atoms with van der Waals surface area (Å²) in [6, 6.07) is 27.8. The minimum atomic E-state index is -0.134. The van der Waals surface area contributed by atoms with Gasteiger partial charge in [0.25, 0.3) is 0 Å². The van der Waals surface area contributed by atoms with Gasteiger partial charge < -0.3 is 0 Å². The molecule has 0 saturated heterocycles. The topological polar surface area (TPSA) is 0 Å². The number of rotatable bonds is 6. The minimum absolute atomic E-state index is 0.134. The molecule has 0 amide bonds. The third-order valence-electron chi connectivity index (χ3n) is 7.60. The maximum Gasteiger partial charge on any atom is 0.0436 e. The van der Waals surface area contributed by atoms with Gasteiger partial charge in [-0.25, -0.2) is 0 Å². The summed E-state index contributed by atoms with van der Waals surface area (Å²) in [5.41, 5.74) is 11.2. The van der Waals surface area contributed by atoms with Gasteiger partial charge in [-0.1, -0.05) is 105 Å². The zero-order valence-corrected chi connectivity index (χ0v) is 20.0. The number of hydrogen-bond acceptors (Lipinski definition) is 0. The minimum Gasteiger partial charge on any atom is -0.0654 e. The molecule has 1 unspecified atom stereocenters. The van der Waals surface area contributed by atoms with Crippen molar-refractivity contribution < 1.29 is 0 Å². The second-order valence-corrected chi connectivity index (χ2v) is 9.85. The van der Waals surface area contributed by atoms with Crippen LogP contribution < -0.4 is 0 Å². The lowest BCUT2D eigenvalue weighted by Gasteiger charge is -2.29. The Morgan fingerprint density at radius 1 is 0.719 bits per heavy atom. The number of aryl methyl sites for hydroxylation is 3. The Labute approximate surface area is 193 Å². The number of hydrogen-bond donors (Lipinski definition) is 0. The Balaban J connectivity index is 1.71. The Bertz CT molecular complexity index is 1290. The molecule has 32 heavy (non-hydrogen) atoms. The molecule has 0 fully saturated rings. The molecule has 0 nitrogen and oxygen atoms in total. The predicted molar refractivity (Wildman–Crippen MR) is 139 cm³/mol. The molecule has 162 valence electrons. The summed E-state index contributed by atoms with van der Waals surface area (Å²) in [4.78, 5) is 0. The van der Waals surface area contributed by atoms with Crippen molar-refractivity contribution in [2.75, 3.05) is 0 Å². The van der Waals surface area contributed by atoms with Gasteiger partial charge in [-0.2, -0.15) is 0 Å². The van der Waals surface area contributed by atoms with E-state index in [9.17, 15) is 0 Å². The van der Waals surface area contributed by atoms with Gasteiger partial charge in [0.05, 0.1) is 0 Å². The summed E-state index contributed by atoms with van der Waals surface area (Å²) in [5.74, 6) is 0. The first-order chi connectivity index (χ1) is 15.5. The van der Waals surface area contributed by atoms with E-state index in [0.29, 0.717) is 0 Å². The van der Waals surface area contributed by atoms with E-state index in [1.807, 2.05) is 0 Å². The fraction of sp³-hybridized carbons (Fsp3) is 0.312. The van der Waals surface area contributed by atoms with Crippen molar-refractivity contribution in [1.82, 2.24) is 0 Å². The normalized spacial score (nSPS) is 16.9. The van der Waals surface area contributed by atoms with Gasteiger partial charge in [-0.3, -0.25) is 0 Å². The first-order valence-corrected chi connectivity index (χ1v) is 12.3. The van der Waals surface area contributed by atoms with Crippen LogP contribution in [0.5, 0.6) is 0 Å². The predicted octanol–water partition coefficient (Wildman–Crippen LogP) is 8.91. The summed E-state index contributed by atoms with van der Waals surface area (Å²) >= 11 is 0. The van der Waals surface area contributed by atoms with E-state index in [1.54, 1.807) is 0 Å². The molecule has 0 heterocycles. The molecule has 0 heteroatoms. The third-order valence-corrected chi connectivity index (χ3v) is 7.60. The summed E-state index contributed by atoms with van der Waals surface area (Å²) in [7, 11) is 0. The summed E-state index contributed by atoms with van der Waals surface area (Å²) in [6.07, 6.45) is 6.41. The number of fused-ring (bicyclic) bond motifs is 5. The van der Waals surface area contributed by atoms with Gasteiger partial charge in [-0.15, -0.1) is 0 Å². The molecule has 1 aliphatic rings. The van der Waals surface area contributed by atoms with Crippen LogP contribution in [0.2, 0.25) is 0 Å². The third kappa shape index (κ3) is 3.28. The Hall–Kier alpha value is -2.86. The smallest absolute Gasteiger partial charge is 0.0436 e. The fourth-order valence-electron chi connectivity index (χ4n) is 5.78.